The van der Waals surface area contributed by atoms with Crippen molar-refractivity contribution in [3.8, 4) is 0 Å². The number of H-pyrrole nitrogens is 1. The monoisotopic (exact) mass is 219 g/mol. The van der Waals surface area contributed by atoms with Gasteiger partial charge in [-0.1, -0.05) is 6.92 Å². The average Bonchev–Trinajstić information content (AvgIpc) is 2.96. The predicted octanol–water partition coefficient (Wildman–Crippen LogP) is 1.88. The summed E-state index contributed by atoms with van der Waals surface area (Å²) < 4.78 is 5.02. The molecule has 0 aliphatic carbocycles. The predicted molar refractivity (Wildman–Crippen MR) is 57.8 cm³/mol. The first kappa shape index (κ1) is 10.5. The van der Waals surface area contributed by atoms with E-state index in [4.69, 9.17) is 4.42 Å². The summed E-state index contributed by atoms with van der Waals surface area (Å²) in [6.45, 7) is 1.98. The van der Waals surface area contributed by atoms with Crippen molar-refractivity contribution in [1.82, 2.24) is 15.3 Å². The van der Waals surface area contributed by atoms with Crippen LogP contribution >= 0.6 is 0 Å². The van der Waals surface area contributed by atoms with Gasteiger partial charge in [0.15, 0.2) is 5.76 Å². The molecule has 84 valence electrons. The smallest absolute Gasteiger partial charge is 0.287 e. The molecule has 0 radical (unpaired) electrons. The number of nitrogens with zero attached hydrogens (tertiary/aromatic N) is 1. The summed E-state index contributed by atoms with van der Waals surface area (Å²) >= 11 is 0. The highest BCUT2D eigenvalue weighted by atomic mass is 16.3. The van der Waals surface area contributed by atoms with Gasteiger partial charge < -0.3 is 14.7 Å². The maximum atomic E-state index is 11.7. The Hall–Kier alpha value is -2.04. The highest BCUT2D eigenvalue weighted by Crippen LogP contribution is 2.12. The first-order valence-electron chi connectivity index (χ1n) is 5.15. The SMILES string of the molecule is CCC(NC(=O)c1ccco1)c1ncc[nH]1. The second-order valence-corrected chi connectivity index (χ2v) is 3.39. The Kier molecular flexibility index (Phi) is 3.05. The molecule has 0 spiro atoms. The normalized spacial score (nSPS) is 12.3. The van der Waals surface area contributed by atoms with Crippen LogP contribution in [0.3, 0.4) is 0 Å². The van der Waals surface area contributed by atoms with Crippen molar-refractivity contribution in [2.75, 3.05) is 0 Å². The van der Waals surface area contributed by atoms with Crippen molar-refractivity contribution in [1.29, 1.82) is 0 Å². The zero-order chi connectivity index (χ0) is 11.4. The van der Waals surface area contributed by atoms with Gasteiger partial charge in [-0.2, -0.15) is 0 Å². The number of rotatable bonds is 4. The van der Waals surface area contributed by atoms with Crippen LogP contribution < -0.4 is 5.32 Å². The zero-order valence-corrected chi connectivity index (χ0v) is 8.93. The van der Waals surface area contributed by atoms with E-state index in [1.807, 2.05) is 6.92 Å². The second kappa shape index (κ2) is 4.65. The van der Waals surface area contributed by atoms with Gasteiger partial charge in [-0.05, 0) is 18.6 Å². The Bertz CT molecular complexity index is 434. The zero-order valence-electron chi connectivity index (χ0n) is 8.93. The Balaban J connectivity index is 2.05. The second-order valence-electron chi connectivity index (χ2n) is 3.39. The summed E-state index contributed by atoms with van der Waals surface area (Å²) in [6, 6.07) is 3.19. The molecule has 1 atom stereocenters. The maximum absolute atomic E-state index is 11.7. The molecular weight excluding hydrogens is 206 g/mol. The Labute approximate surface area is 92.9 Å². The number of furan rings is 1. The molecule has 1 amide bonds. The molecule has 0 aliphatic heterocycles. The number of hydrogen-bond donors (Lipinski definition) is 2. The van der Waals surface area contributed by atoms with E-state index >= 15 is 0 Å². The van der Waals surface area contributed by atoms with Crippen LogP contribution in [0.15, 0.2) is 35.2 Å². The number of amides is 1. The van der Waals surface area contributed by atoms with E-state index in [0.717, 1.165) is 12.2 Å². The van der Waals surface area contributed by atoms with Crippen LogP contribution in [0.1, 0.15) is 35.8 Å². The minimum Gasteiger partial charge on any atom is -0.459 e. The van der Waals surface area contributed by atoms with Crippen LogP contribution in [0.4, 0.5) is 0 Å². The van der Waals surface area contributed by atoms with Crippen molar-refractivity contribution < 1.29 is 9.21 Å². The molecule has 1 unspecified atom stereocenters. The Morgan fingerprint density at radius 1 is 1.69 bits per heavy atom. The molecule has 2 heterocycles. The van der Waals surface area contributed by atoms with Crippen molar-refractivity contribution in [3.63, 3.8) is 0 Å². The molecule has 0 aliphatic rings. The summed E-state index contributed by atoms with van der Waals surface area (Å²) in [5, 5.41) is 2.85. The average molecular weight is 219 g/mol. The van der Waals surface area contributed by atoms with E-state index in [0.29, 0.717) is 5.76 Å². The van der Waals surface area contributed by atoms with Gasteiger partial charge >= 0.3 is 0 Å². The van der Waals surface area contributed by atoms with Crippen LogP contribution in [-0.4, -0.2) is 15.9 Å². The molecule has 0 saturated carbocycles. The molecule has 5 nitrogen and oxygen atoms in total. The molecule has 2 N–H and O–H groups in total. The van der Waals surface area contributed by atoms with Gasteiger partial charge in [-0.25, -0.2) is 4.98 Å². The van der Waals surface area contributed by atoms with Gasteiger partial charge in [0.25, 0.3) is 5.91 Å². The van der Waals surface area contributed by atoms with E-state index in [2.05, 4.69) is 15.3 Å². The third-order valence-electron chi connectivity index (χ3n) is 2.31. The molecule has 0 aromatic carbocycles. The maximum Gasteiger partial charge on any atom is 0.287 e. The fourth-order valence-corrected chi connectivity index (χ4v) is 1.47. The number of carbonyl (C=O) groups is 1. The van der Waals surface area contributed by atoms with Crippen molar-refractivity contribution in [2.24, 2.45) is 0 Å². The number of imidazole rings is 1. The molecular formula is C11H13N3O2. The van der Waals surface area contributed by atoms with Gasteiger partial charge in [0.05, 0.1) is 12.3 Å². The molecule has 2 rings (SSSR count). The van der Waals surface area contributed by atoms with Crippen LogP contribution in [0.2, 0.25) is 0 Å². The van der Waals surface area contributed by atoms with E-state index in [9.17, 15) is 4.79 Å². The first-order valence-corrected chi connectivity index (χ1v) is 5.15. The minimum atomic E-state index is -0.228. The lowest BCUT2D eigenvalue weighted by Gasteiger charge is -2.13. The van der Waals surface area contributed by atoms with Crippen molar-refractivity contribution >= 4 is 5.91 Å². The molecule has 2 aromatic rings. The van der Waals surface area contributed by atoms with Gasteiger partial charge in [0.2, 0.25) is 0 Å². The van der Waals surface area contributed by atoms with Crippen LogP contribution in [-0.2, 0) is 0 Å². The minimum absolute atomic E-state index is 0.118. The largest absolute Gasteiger partial charge is 0.459 e. The van der Waals surface area contributed by atoms with Crippen LogP contribution in [0.25, 0.3) is 0 Å². The Morgan fingerprint density at radius 2 is 2.56 bits per heavy atom. The van der Waals surface area contributed by atoms with E-state index in [-0.39, 0.29) is 11.9 Å². The quantitative estimate of drug-likeness (QED) is 0.824. The summed E-state index contributed by atoms with van der Waals surface area (Å²) in [4.78, 5) is 18.8. The highest BCUT2D eigenvalue weighted by Gasteiger charge is 2.17. The van der Waals surface area contributed by atoms with Gasteiger partial charge in [0, 0.05) is 12.4 Å². The molecule has 0 saturated heterocycles. The van der Waals surface area contributed by atoms with Crippen LogP contribution in [0, 0.1) is 0 Å². The summed E-state index contributed by atoms with van der Waals surface area (Å²) in [5.74, 6) is 0.834. The molecule has 0 fully saturated rings. The number of carbonyl (C=O) groups excluding carboxylic acids is 1. The number of nitrogens with one attached hydrogen (secondary N) is 2. The topological polar surface area (TPSA) is 70.9 Å². The summed E-state index contributed by atoms with van der Waals surface area (Å²) in [6.07, 6.45) is 5.64. The molecule has 2 aromatic heterocycles. The van der Waals surface area contributed by atoms with Gasteiger partial charge in [0.1, 0.15) is 5.82 Å². The summed E-state index contributed by atoms with van der Waals surface area (Å²) in [5.41, 5.74) is 0. The lowest BCUT2D eigenvalue weighted by molar-refractivity contribution is 0.0906. The summed E-state index contributed by atoms with van der Waals surface area (Å²) in [7, 11) is 0. The first-order chi connectivity index (χ1) is 7.81. The van der Waals surface area contributed by atoms with E-state index in [1.54, 1.807) is 24.5 Å². The number of hydrogen-bond acceptors (Lipinski definition) is 3. The lowest BCUT2D eigenvalue weighted by Crippen LogP contribution is -2.28. The van der Waals surface area contributed by atoms with Gasteiger partial charge in [-0.15, -0.1) is 0 Å². The fraction of sp³-hybridized carbons (Fsp3) is 0.273. The number of aromatic nitrogens is 2. The standard InChI is InChI=1S/C11H13N3O2/c1-2-8(10-12-5-6-13-10)14-11(15)9-4-3-7-16-9/h3-8H,2H2,1H3,(H,12,13)(H,14,15). The third-order valence-corrected chi connectivity index (χ3v) is 2.31. The van der Waals surface area contributed by atoms with Gasteiger partial charge in [-0.3, -0.25) is 4.79 Å². The van der Waals surface area contributed by atoms with E-state index < -0.39 is 0 Å². The Morgan fingerprint density at radius 3 is 3.12 bits per heavy atom. The van der Waals surface area contributed by atoms with E-state index in [1.165, 1.54) is 6.26 Å². The number of aromatic amines is 1. The molecule has 16 heavy (non-hydrogen) atoms. The van der Waals surface area contributed by atoms with Crippen molar-refractivity contribution in [2.45, 2.75) is 19.4 Å². The fourth-order valence-electron chi connectivity index (χ4n) is 1.47. The lowest BCUT2D eigenvalue weighted by atomic mass is 10.2. The van der Waals surface area contributed by atoms with Crippen LogP contribution in [0.5, 0.6) is 0 Å². The van der Waals surface area contributed by atoms with Crippen molar-refractivity contribution in [3.05, 3.63) is 42.4 Å². The third kappa shape index (κ3) is 2.13. The highest BCUT2D eigenvalue weighted by molar-refractivity contribution is 5.91. The molecule has 5 heteroatoms. The molecule has 0 bridgehead atoms.